The van der Waals surface area contributed by atoms with Gasteiger partial charge in [-0.2, -0.15) is 0 Å². The number of carboxylic acid groups (broad SMARTS) is 1. The second kappa shape index (κ2) is 8.19. The van der Waals surface area contributed by atoms with Crippen LogP contribution in [0.5, 0.6) is 0 Å². The van der Waals surface area contributed by atoms with E-state index in [0.29, 0.717) is 18.7 Å². The second-order valence-electron chi connectivity index (χ2n) is 4.87. The van der Waals surface area contributed by atoms with E-state index in [1.165, 1.54) is 12.1 Å². The molecule has 5 nitrogen and oxygen atoms in total. The Hall–Kier alpha value is -1.02. The molecule has 0 aliphatic carbocycles. The number of carbonyl (C=O) groups is 2. The average molecular weight is 382 g/mol. The molecule has 1 saturated heterocycles. The Morgan fingerprint density at radius 3 is 2.78 bits per heavy atom. The van der Waals surface area contributed by atoms with Gasteiger partial charge in [0.2, 0.25) is 5.91 Å². The van der Waals surface area contributed by atoms with Gasteiger partial charge in [-0.25, -0.2) is 4.39 Å². The van der Waals surface area contributed by atoms with E-state index in [9.17, 15) is 14.0 Å². The monoisotopic (exact) mass is 381 g/mol. The van der Waals surface area contributed by atoms with Crippen molar-refractivity contribution in [3.05, 3.63) is 33.6 Å². The average Bonchev–Trinajstić information content (AvgIpc) is 2.50. The summed E-state index contributed by atoms with van der Waals surface area (Å²) in [5, 5.41) is 8.78. The molecule has 0 saturated carbocycles. The molecule has 0 radical (unpaired) electrons. The summed E-state index contributed by atoms with van der Waals surface area (Å²) >= 11 is 12.8. The minimum Gasteiger partial charge on any atom is -0.481 e. The molecule has 1 N–H and O–H groups in total. The van der Waals surface area contributed by atoms with E-state index < -0.39 is 17.9 Å². The molecule has 126 valence electrons. The molecule has 0 spiro atoms. The summed E-state index contributed by atoms with van der Waals surface area (Å²) in [6.45, 7) is 0.921. The van der Waals surface area contributed by atoms with Crippen LogP contribution in [0.1, 0.15) is 11.7 Å². The van der Waals surface area contributed by atoms with Crippen LogP contribution in [0.3, 0.4) is 0 Å². The maximum atomic E-state index is 13.6. The molecular weight excluding hydrogens is 368 g/mol. The van der Waals surface area contributed by atoms with Gasteiger partial charge in [-0.1, -0.05) is 23.2 Å². The summed E-state index contributed by atoms with van der Waals surface area (Å²) < 4.78 is 19.2. The molecule has 0 aromatic heterocycles. The number of benzene rings is 1. The van der Waals surface area contributed by atoms with Crippen molar-refractivity contribution in [3.8, 4) is 0 Å². The molecule has 1 aliphatic rings. The summed E-state index contributed by atoms with van der Waals surface area (Å²) in [6, 6.07) is 2.52. The summed E-state index contributed by atoms with van der Waals surface area (Å²) in [5.74, 6) is -1.81. The first-order chi connectivity index (χ1) is 10.9. The Kier molecular flexibility index (Phi) is 6.52. The standard InChI is InChI=1S/C14H14Cl2FNO4S/c15-9-4-10(16)11(17)3-8(9)12-5-18(1-2-22-12)13(19)6-23-7-14(20)21/h3-4,12H,1-2,5-7H2,(H,20,21). The van der Waals surface area contributed by atoms with Gasteiger partial charge >= 0.3 is 5.97 Å². The lowest BCUT2D eigenvalue weighted by atomic mass is 10.1. The van der Waals surface area contributed by atoms with Crippen LogP contribution < -0.4 is 0 Å². The fourth-order valence-electron chi connectivity index (χ4n) is 2.17. The number of amides is 1. The zero-order valence-electron chi connectivity index (χ0n) is 11.9. The normalized spacial score (nSPS) is 18.0. The Bertz CT molecular complexity index is 617. The van der Waals surface area contributed by atoms with E-state index in [1.807, 2.05) is 0 Å². The predicted octanol–water partition coefficient (Wildman–Crippen LogP) is 2.85. The third-order valence-corrected chi connectivity index (χ3v) is 4.78. The number of morpholine rings is 1. The highest BCUT2D eigenvalue weighted by Gasteiger charge is 2.27. The molecular formula is C14H14Cl2FNO4S. The van der Waals surface area contributed by atoms with Crippen molar-refractivity contribution in [2.24, 2.45) is 0 Å². The molecule has 1 aromatic carbocycles. The highest BCUT2D eigenvalue weighted by Crippen LogP contribution is 2.32. The molecule has 0 bridgehead atoms. The Balaban J connectivity index is 2.02. The zero-order valence-corrected chi connectivity index (χ0v) is 14.3. The van der Waals surface area contributed by atoms with Gasteiger partial charge in [0.1, 0.15) is 11.9 Å². The first kappa shape index (κ1) is 18.3. The van der Waals surface area contributed by atoms with Gasteiger partial charge in [0, 0.05) is 17.1 Å². The third kappa shape index (κ3) is 4.97. The number of rotatable bonds is 5. The topological polar surface area (TPSA) is 66.8 Å². The van der Waals surface area contributed by atoms with Gasteiger partial charge in [0.15, 0.2) is 0 Å². The van der Waals surface area contributed by atoms with Gasteiger partial charge in [0.05, 0.1) is 29.7 Å². The maximum absolute atomic E-state index is 13.6. The first-order valence-electron chi connectivity index (χ1n) is 6.72. The van der Waals surface area contributed by atoms with Crippen molar-refractivity contribution in [2.75, 3.05) is 31.2 Å². The van der Waals surface area contributed by atoms with E-state index in [0.717, 1.165) is 11.8 Å². The summed E-state index contributed by atoms with van der Waals surface area (Å²) in [7, 11) is 0. The molecule has 2 rings (SSSR count). The summed E-state index contributed by atoms with van der Waals surface area (Å²) in [4.78, 5) is 24.1. The number of aliphatic carboxylic acids is 1. The number of halogens is 3. The smallest absolute Gasteiger partial charge is 0.313 e. The van der Waals surface area contributed by atoms with Gasteiger partial charge in [-0.3, -0.25) is 9.59 Å². The number of nitrogens with zero attached hydrogens (tertiary/aromatic N) is 1. The fourth-order valence-corrected chi connectivity index (χ4v) is 3.30. The van der Waals surface area contributed by atoms with Crippen LogP contribution >= 0.6 is 35.0 Å². The van der Waals surface area contributed by atoms with E-state index in [2.05, 4.69) is 0 Å². The van der Waals surface area contributed by atoms with Crippen LogP contribution in [0.2, 0.25) is 10.0 Å². The molecule has 9 heteroatoms. The van der Waals surface area contributed by atoms with Gasteiger partial charge < -0.3 is 14.7 Å². The zero-order chi connectivity index (χ0) is 17.0. The van der Waals surface area contributed by atoms with Gasteiger partial charge in [-0.15, -0.1) is 11.8 Å². The van der Waals surface area contributed by atoms with Crippen molar-refractivity contribution < 1.29 is 23.8 Å². The van der Waals surface area contributed by atoms with Crippen molar-refractivity contribution >= 4 is 46.8 Å². The van der Waals surface area contributed by atoms with Crippen molar-refractivity contribution in [2.45, 2.75) is 6.10 Å². The molecule has 1 heterocycles. The largest absolute Gasteiger partial charge is 0.481 e. The minimum atomic E-state index is -0.967. The molecule has 23 heavy (non-hydrogen) atoms. The van der Waals surface area contributed by atoms with E-state index >= 15 is 0 Å². The second-order valence-corrected chi connectivity index (χ2v) is 6.67. The summed E-state index contributed by atoms with van der Waals surface area (Å²) in [6.07, 6.45) is -0.545. The SMILES string of the molecule is O=C(O)CSCC(=O)N1CCOC(c2cc(F)c(Cl)cc2Cl)C1. The van der Waals surface area contributed by atoms with Crippen LogP contribution in [-0.2, 0) is 14.3 Å². The van der Waals surface area contributed by atoms with Crippen LogP contribution in [0, 0.1) is 5.82 Å². The first-order valence-corrected chi connectivity index (χ1v) is 8.63. The van der Waals surface area contributed by atoms with Gasteiger partial charge in [0.25, 0.3) is 0 Å². The van der Waals surface area contributed by atoms with Crippen molar-refractivity contribution in [3.63, 3.8) is 0 Å². The van der Waals surface area contributed by atoms with Crippen LogP contribution in [0.25, 0.3) is 0 Å². The molecule has 1 aliphatic heterocycles. The van der Waals surface area contributed by atoms with Crippen LogP contribution in [0.15, 0.2) is 12.1 Å². The lowest BCUT2D eigenvalue weighted by Gasteiger charge is -2.33. The van der Waals surface area contributed by atoms with Crippen LogP contribution in [0.4, 0.5) is 4.39 Å². The summed E-state index contributed by atoms with van der Waals surface area (Å²) in [5.41, 5.74) is 0.434. The third-order valence-electron chi connectivity index (χ3n) is 3.26. The van der Waals surface area contributed by atoms with E-state index in [1.54, 1.807) is 4.90 Å². The minimum absolute atomic E-state index is 0.0712. The Labute approximate surface area is 146 Å². The van der Waals surface area contributed by atoms with E-state index in [-0.39, 0.29) is 34.0 Å². The lowest BCUT2D eigenvalue weighted by Crippen LogP contribution is -2.43. The van der Waals surface area contributed by atoms with Crippen molar-refractivity contribution in [1.29, 1.82) is 0 Å². The Morgan fingerprint density at radius 1 is 1.35 bits per heavy atom. The number of hydrogen-bond donors (Lipinski definition) is 1. The molecule has 1 amide bonds. The molecule has 1 aromatic rings. The lowest BCUT2D eigenvalue weighted by molar-refractivity contribution is -0.136. The quantitative estimate of drug-likeness (QED) is 0.794. The number of carboxylic acids is 1. The van der Waals surface area contributed by atoms with E-state index in [4.69, 9.17) is 33.0 Å². The molecule has 1 atom stereocenters. The highest BCUT2D eigenvalue weighted by molar-refractivity contribution is 8.00. The fraction of sp³-hybridized carbons (Fsp3) is 0.429. The Morgan fingerprint density at radius 2 is 2.09 bits per heavy atom. The highest BCUT2D eigenvalue weighted by atomic mass is 35.5. The number of carbonyl (C=O) groups excluding carboxylic acids is 1. The molecule has 1 fully saturated rings. The van der Waals surface area contributed by atoms with Crippen molar-refractivity contribution in [1.82, 2.24) is 4.90 Å². The van der Waals surface area contributed by atoms with Crippen LogP contribution in [-0.4, -0.2) is 53.1 Å². The predicted molar refractivity (Wildman–Crippen MR) is 86.7 cm³/mol. The maximum Gasteiger partial charge on any atom is 0.313 e. The number of thioether (sulfide) groups is 1. The number of ether oxygens (including phenoxy) is 1. The molecule has 1 unspecified atom stereocenters. The number of hydrogen-bond acceptors (Lipinski definition) is 4. The van der Waals surface area contributed by atoms with Gasteiger partial charge in [-0.05, 0) is 12.1 Å².